The third-order valence-corrected chi connectivity index (χ3v) is 5.48. The van der Waals surface area contributed by atoms with E-state index in [0.717, 1.165) is 31.5 Å². The third-order valence-electron chi connectivity index (χ3n) is 5.13. The normalized spacial score (nSPS) is 20.4. The van der Waals surface area contributed by atoms with Gasteiger partial charge in [-0.25, -0.2) is 9.18 Å². The molecule has 2 fully saturated rings. The molecule has 0 radical (unpaired) electrons. The van der Waals surface area contributed by atoms with Gasteiger partial charge >= 0.3 is 6.03 Å². The molecule has 8 nitrogen and oxygen atoms in total. The summed E-state index contributed by atoms with van der Waals surface area (Å²) in [5.74, 6) is 0.105. The van der Waals surface area contributed by atoms with Gasteiger partial charge in [0.2, 0.25) is 5.91 Å². The predicted molar refractivity (Wildman–Crippen MR) is 114 cm³/mol. The van der Waals surface area contributed by atoms with Crippen LogP contribution in [-0.4, -0.2) is 73.0 Å². The van der Waals surface area contributed by atoms with Crippen molar-refractivity contribution in [1.82, 2.24) is 25.8 Å². The number of piperidine rings is 1. The number of amides is 3. The Morgan fingerprint density at radius 1 is 1.40 bits per heavy atom. The van der Waals surface area contributed by atoms with Gasteiger partial charge in [0.05, 0.1) is 19.6 Å². The van der Waals surface area contributed by atoms with Crippen LogP contribution in [0.25, 0.3) is 0 Å². The first-order valence-corrected chi connectivity index (χ1v) is 10.6. The van der Waals surface area contributed by atoms with Crippen molar-refractivity contribution in [2.75, 3.05) is 39.3 Å². The van der Waals surface area contributed by atoms with Gasteiger partial charge in [0.25, 0.3) is 0 Å². The molecule has 1 aromatic rings. The Labute approximate surface area is 180 Å². The molecule has 1 unspecified atom stereocenters. The van der Waals surface area contributed by atoms with E-state index >= 15 is 0 Å². The van der Waals surface area contributed by atoms with Gasteiger partial charge in [-0.1, -0.05) is 17.7 Å². The van der Waals surface area contributed by atoms with E-state index in [1.807, 2.05) is 6.92 Å². The van der Waals surface area contributed by atoms with Gasteiger partial charge in [-0.05, 0) is 44.0 Å². The van der Waals surface area contributed by atoms with Crippen LogP contribution in [0.4, 0.5) is 9.18 Å². The van der Waals surface area contributed by atoms with Gasteiger partial charge < -0.3 is 16.0 Å². The molecule has 30 heavy (non-hydrogen) atoms. The molecule has 0 bridgehead atoms. The molecule has 0 saturated carbocycles. The highest BCUT2D eigenvalue weighted by Gasteiger charge is 2.27. The Bertz CT molecular complexity index is 790. The average Bonchev–Trinajstić information content (AvgIpc) is 3.03. The average molecular weight is 439 g/mol. The lowest BCUT2D eigenvalue weighted by molar-refractivity contribution is -0.124. The molecule has 2 heterocycles. The van der Waals surface area contributed by atoms with E-state index in [9.17, 15) is 14.0 Å². The van der Waals surface area contributed by atoms with Crippen LogP contribution < -0.4 is 16.0 Å². The lowest BCUT2D eigenvalue weighted by atomic mass is 10.0. The Balaban J connectivity index is 1.53. The molecular formula is C20H28ClFN6O2. The molecule has 3 amide bonds. The number of carbonyl (C=O) groups is 2. The fourth-order valence-electron chi connectivity index (χ4n) is 3.66. The summed E-state index contributed by atoms with van der Waals surface area (Å²) < 4.78 is 13.3. The number of rotatable bonds is 7. The number of imide groups is 1. The molecule has 3 rings (SSSR count). The second-order valence-corrected chi connectivity index (χ2v) is 7.83. The van der Waals surface area contributed by atoms with E-state index in [4.69, 9.17) is 11.6 Å². The van der Waals surface area contributed by atoms with Crippen molar-refractivity contribution in [1.29, 1.82) is 0 Å². The minimum atomic E-state index is -0.365. The Morgan fingerprint density at radius 2 is 2.23 bits per heavy atom. The van der Waals surface area contributed by atoms with Crippen molar-refractivity contribution >= 4 is 29.5 Å². The molecule has 10 heteroatoms. The molecule has 2 saturated heterocycles. The number of urea groups is 1. The lowest BCUT2D eigenvalue weighted by Gasteiger charge is -2.34. The van der Waals surface area contributed by atoms with Crippen molar-refractivity contribution < 1.29 is 14.0 Å². The van der Waals surface area contributed by atoms with Gasteiger partial charge in [0.15, 0.2) is 5.96 Å². The predicted octanol–water partition coefficient (Wildman–Crippen LogP) is 1.55. The van der Waals surface area contributed by atoms with Crippen LogP contribution in [0.3, 0.4) is 0 Å². The number of nitrogens with one attached hydrogen (secondary N) is 3. The smallest absolute Gasteiger partial charge is 0.324 e. The van der Waals surface area contributed by atoms with E-state index < -0.39 is 0 Å². The van der Waals surface area contributed by atoms with Gasteiger partial charge in [0.1, 0.15) is 5.82 Å². The number of hydrogen-bond acceptors (Lipinski definition) is 4. The molecule has 0 aliphatic carbocycles. The van der Waals surface area contributed by atoms with Crippen LogP contribution in [0.1, 0.15) is 25.3 Å². The summed E-state index contributed by atoms with van der Waals surface area (Å²) >= 11 is 6.17. The van der Waals surface area contributed by atoms with Gasteiger partial charge in [0, 0.05) is 30.7 Å². The van der Waals surface area contributed by atoms with Crippen LogP contribution in [0.5, 0.6) is 0 Å². The van der Waals surface area contributed by atoms with E-state index in [2.05, 4.69) is 25.8 Å². The summed E-state index contributed by atoms with van der Waals surface area (Å²) in [4.78, 5) is 31.3. The minimum absolute atomic E-state index is 0.0524. The molecule has 0 spiro atoms. The Kier molecular flexibility index (Phi) is 7.87. The molecular weight excluding hydrogens is 411 g/mol. The zero-order chi connectivity index (χ0) is 21.5. The fourth-order valence-corrected chi connectivity index (χ4v) is 3.89. The zero-order valence-electron chi connectivity index (χ0n) is 17.1. The maximum absolute atomic E-state index is 13.3. The first-order valence-electron chi connectivity index (χ1n) is 10.3. The Morgan fingerprint density at radius 3 is 2.93 bits per heavy atom. The first-order chi connectivity index (χ1) is 14.5. The lowest BCUT2D eigenvalue weighted by Crippen LogP contribution is -2.51. The summed E-state index contributed by atoms with van der Waals surface area (Å²) in [7, 11) is 0. The number of nitrogens with zero attached hydrogens (tertiary/aromatic N) is 3. The first kappa shape index (κ1) is 22.3. The largest absolute Gasteiger partial charge is 0.357 e. The van der Waals surface area contributed by atoms with Crippen molar-refractivity contribution in [3.8, 4) is 0 Å². The molecule has 2 aliphatic heterocycles. The quantitative estimate of drug-likeness (QED) is 0.341. The van der Waals surface area contributed by atoms with Crippen LogP contribution in [0.2, 0.25) is 5.02 Å². The van der Waals surface area contributed by atoms with E-state index in [0.29, 0.717) is 30.6 Å². The summed E-state index contributed by atoms with van der Waals surface area (Å²) in [6.45, 7) is 5.75. The molecule has 164 valence electrons. The van der Waals surface area contributed by atoms with Crippen molar-refractivity contribution in [2.24, 2.45) is 4.99 Å². The maximum Gasteiger partial charge on any atom is 0.324 e. The van der Waals surface area contributed by atoms with Gasteiger partial charge in [-0.3, -0.25) is 19.6 Å². The molecule has 1 atom stereocenters. The zero-order valence-corrected chi connectivity index (χ0v) is 17.8. The van der Waals surface area contributed by atoms with Crippen molar-refractivity contribution in [2.45, 2.75) is 32.4 Å². The highest BCUT2D eigenvalue weighted by atomic mass is 35.5. The Hall–Kier alpha value is -2.39. The van der Waals surface area contributed by atoms with Crippen LogP contribution in [-0.2, 0) is 11.3 Å². The molecule has 1 aromatic carbocycles. The summed E-state index contributed by atoms with van der Waals surface area (Å²) in [5.41, 5.74) is 0.910. The number of benzene rings is 1. The number of halogens is 2. The van der Waals surface area contributed by atoms with Gasteiger partial charge in [-0.2, -0.15) is 0 Å². The highest BCUT2D eigenvalue weighted by Crippen LogP contribution is 2.21. The maximum atomic E-state index is 13.3. The van der Waals surface area contributed by atoms with Crippen LogP contribution in [0, 0.1) is 5.82 Å². The SMILES string of the molecule is CCNC(=NCCN1C(=O)CNC1=O)NC1CCCN(Cc2ccc(F)cc2Cl)C1. The molecule has 0 aromatic heterocycles. The molecule has 2 aliphatic rings. The second kappa shape index (κ2) is 10.6. The number of hydrogen-bond donors (Lipinski definition) is 3. The van der Waals surface area contributed by atoms with E-state index in [1.165, 1.54) is 17.0 Å². The fraction of sp³-hybridized carbons (Fsp3) is 0.550. The summed E-state index contributed by atoms with van der Waals surface area (Å²) in [5, 5.41) is 9.60. The number of carbonyl (C=O) groups excluding carboxylic acids is 2. The molecule has 3 N–H and O–H groups in total. The van der Waals surface area contributed by atoms with Crippen molar-refractivity contribution in [3.05, 3.63) is 34.6 Å². The topological polar surface area (TPSA) is 89.1 Å². The van der Waals surface area contributed by atoms with Gasteiger partial charge in [-0.15, -0.1) is 0 Å². The standard InChI is InChI=1S/C20H28ClFN6O2/c1-2-23-19(24-7-9-28-18(29)11-25-20(28)30)26-16-4-3-8-27(13-16)12-14-5-6-15(22)10-17(14)21/h5-6,10,16H,2-4,7-9,11-13H2,1H3,(H,25,30)(H2,23,24,26). The second-order valence-electron chi connectivity index (χ2n) is 7.42. The van der Waals surface area contributed by atoms with Crippen LogP contribution in [0.15, 0.2) is 23.2 Å². The van der Waals surface area contributed by atoms with E-state index in [-0.39, 0.29) is 36.9 Å². The van der Waals surface area contributed by atoms with Crippen molar-refractivity contribution in [3.63, 3.8) is 0 Å². The highest BCUT2D eigenvalue weighted by molar-refractivity contribution is 6.31. The third kappa shape index (κ3) is 6.06. The summed E-state index contributed by atoms with van der Waals surface area (Å²) in [6, 6.07) is 4.35. The number of likely N-dealkylation sites (tertiary alicyclic amines) is 1. The van der Waals surface area contributed by atoms with E-state index in [1.54, 1.807) is 6.07 Å². The summed E-state index contributed by atoms with van der Waals surface area (Å²) in [6.07, 6.45) is 2.03. The monoisotopic (exact) mass is 438 g/mol. The number of guanidine groups is 1. The minimum Gasteiger partial charge on any atom is -0.357 e. The van der Waals surface area contributed by atoms with Crippen LogP contribution >= 0.6 is 11.6 Å². The number of aliphatic imine (C=N–C) groups is 1.